The van der Waals surface area contributed by atoms with Gasteiger partial charge in [0.1, 0.15) is 11.5 Å². The summed E-state index contributed by atoms with van der Waals surface area (Å²) in [6.07, 6.45) is 0. The minimum Gasteiger partial charge on any atom is -0.457 e. The van der Waals surface area contributed by atoms with Gasteiger partial charge in [0, 0.05) is 6.54 Å². The molecule has 0 aliphatic rings. The predicted octanol–water partition coefficient (Wildman–Crippen LogP) is 4.24. The summed E-state index contributed by atoms with van der Waals surface area (Å²) >= 11 is 0. The Hall–Kier alpha value is -1.80. The number of hydrogen-bond acceptors (Lipinski definition) is 2. The molecule has 2 aromatic carbocycles. The minimum atomic E-state index is 0.168. The third-order valence-electron chi connectivity index (χ3n) is 3.12. The third-order valence-corrected chi connectivity index (χ3v) is 3.12. The van der Waals surface area contributed by atoms with Crippen LogP contribution < -0.4 is 10.5 Å². The molecule has 100 valence electrons. The second kappa shape index (κ2) is 5.45. The molecule has 0 atom stereocenters. The average Bonchev–Trinajstić information content (AvgIpc) is 2.39. The minimum absolute atomic E-state index is 0.168. The number of ether oxygens (including phenoxy) is 1. The first-order valence-corrected chi connectivity index (χ1v) is 6.56. The van der Waals surface area contributed by atoms with E-state index >= 15 is 0 Å². The van der Waals surface area contributed by atoms with Gasteiger partial charge in [-0.1, -0.05) is 45.0 Å². The van der Waals surface area contributed by atoms with E-state index in [9.17, 15) is 0 Å². The van der Waals surface area contributed by atoms with E-state index in [2.05, 4.69) is 32.9 Å². The smallest absolute Gasteiger partial charge is 0.127 e. The fraction of sp³-hybridized carbons (Fsp3) is 0.294. The lowest BCUT2D eigenvalue weighted by atomic mass is 9.87. The maximum Gasteiger partial charge on any atom is 0.127 e. The lowest BCUT2D eigenvalue weighted by molar-refractivity contribution is 0.481. The Morgan fingerprint density at radius 2 is 1.32 bits per heavy atom. The van der Waals surface area contributed by atoms with Gasteiger partial charge in [-0.2, -0.15) is 0 Å². The van der Waals surface area contributed by atoms with Gasteiger partial charge in [0.05, 0.1) is 0 Å². The molecule has 2 heteroatoms. The van der Waals surface area contributed by atoms with E-state index in [1.54, 1.807) is 0 Å². The lowest BCUT2D eigenvalue weighted by Crippen LogP contribution is -2.10. The molecule has 2 rings (SSSR count). The maximum absolute atomic E-state index is 5.80. The van der Waals surface area contributed by atoms with Crippen molar-refractivity contribution in [3.63, 3.8) is 0 Å². The molecule has 0 aliphatic heterocycles. The van der Waals surface area contributed by atoms with Crippen molar-refractivity contribution in [2.45, 2.75) is 32.7 Å². The average molecular weight is 255 g/mol. The molecule has 0 unspecified atom stereocenters. The van der Waals surface area contributed by atoms with Crippen molar-refractivity contribution in [2.75, 3.05) is 0 Å². The van der Waals surface area contributed by atoms with E-state index in [0.717, 1.165) is 17.1 Å². The van der Waals surface area contributed by atoms with Crippen molar-refractivity contribution in [1.29, 1.82) is 0 Å². The Kier molecular flexibility index (Phi) is 3.91. The summed E-state index contributed by atoms with van der Waals surface area (Å²) in [6.45, 7) is 7.16. The fourth-order valence-corrected chi connectivity index (χ4v) is 1.85. The van der Waals surface area contributed by atoms with Gasteiger partial charge in [-0.15, -0.1) is 0 Å². The zero-order chi connectivity index (χ0) is 13.9. The Balaban J connectivity index is 2.10. The molecule has 2 aromatic rings. The van der Waals surface area contributed by atoms with E-state index in [-0.39, 0.29) is 5.41 Å². The fourth-order valence-electron chi connectivity index (χ4n) is 1.85. The Morgan fingerprint density at radius 1 is 0.842 bits per heavy atom. The van der Waals surface area contributed by atoms with Crippen LogP contribution in [0.4, 0.5) is 0 Å². The summed E-state index contributed by atoms with van der Waals surface area (Å²) in [5.74, 6) is 1.69. The summed E-state index contributed by atoms with van der Waals surface area (Å²) < 4.78 is 5.80. The van der Waals surface area contributed by atoms with Crippen LogP contribution in [0.1, 0.15) is 31.9 Å². The van der Waals surface area contributed by atoms with E-state index in [4.69, 9.17) is 10.5 Å². The number of nitrogens with two attached hydrogens (primary N) is 1. The van der Waals surface area contributed by atoms with Crippen LogP contribution in [0.2, 0.25) is 0 Å². The van der Waals surface area contributed by atoms with Crippen LogP contribution in [0.5, 0.6) is 11.5 Å². The molecule has 2 nitrogen and oxygen atoms in total. The molecule has 0 aliphatic carbocycles. The van der Waals surface area contributed by atoms with Gasteiger partial charge >= 0.3 is 0 Å². The van der Waals surface area contributed by atoms with E-state index in [0.29, 0.717) is 6.54 Å². The van der Waals surface area contributed by atoms with Crippen molar-refractivity contribution in [1.82, 2.24) is 0 Å². The molecule has 0 aromatic heterocycles. The Labute approximate surface area is 115 Å². The van der Waals surface area contributed by atoms with Crippen LogP contribution in [0.3, 0.4) is 0 Å². The molecule has 0 radical (unpaired) electrons. The monoisotopic (exact) mass is 255 g/mol. The summed E-state index contributed by atoms with van der Waals surface area (Å²) in [7, 11) is 0. The first kappa shape index (κ1) is 13.6. The Bertz CT molecular complexity index is 521. The number of rotatable bonds is 3. The van der Waals surface area contributed by atoms with Crippen LogP contribution in [0, 0.1) is 0 Å². The second-order valence-corrected chi connectivity index (χ2v) is 5.72. The van der Waals surface area contributed by atoms with Gasteiger partial charge in [0.25, 0.3) is 0 Å². The molecule has 19 heavy (non-hydrogen) atoms. The molecule has 0 saturated heterocycles. The van der Waals surface area contributed by atoms with E-state index < -0.39 is 0 Å². The third kappa shape index (κ3) is 3.58. The van der Waals surface area contributed by atoms with Gasteiger partial charge in [-0.3, -0.25) is 0 Å². The van der Waals surface area contributed by atoms with Crippen molar-refractivity contribution in [2.24, 2.45) is 5.73 Å². The zero-order valence-corrected chi connectivity index (χ0v) is 11.8. The van der Waals surface area contributed by atoms with Gasteiger partial charge in [0.15, 0.2) is 0 Å². The second-order valence-electron chi connectivity index (χ2n) is 5.72. The van der Waals surface area contributed by atoms with Crippen molar-refractivity contribution < 1.29 is 4.74 Å². The van der Waals surface area contributed by atoms with Gasteiger partial charge < -0.3 is 10.5 Å². The topological polar surface area (TPSA) is 35.2 Å². The number of hydrogen-bond donors (Lipinski definition) is 1. The molecule has 0 heterocycles. The summed E-state index contributed by atoms with van der Waals surface area (Å²) in [6, 6.07) is 16.1. The zero-order valence-electron chi connectivity index (χ0n) is 11.8. The quantitative estimate of drug-likeness (QED) is 0.890. The molecular formula is C17H21NO. The highest BCUT2D eigenvalue weighted by molar-refractivity contribution is 5.36. The van der Waals surface area contributed by atoms with Gasteiger partial charge in [-0.25, -0.2) is 0 Å². The predicted molar refractivity (Wildman–Crippen MR) is 79.5 cm³/mol. The summed E-state index contributed by atoms with van der Waals surface area (Å²) in [5, 5.41) is 0. The van der Waals surface area contributed by atoms with Crippen molar-refractivity contribution in [3.05, 3.63) is 59.7 Å². The largest absolute Gasteiger partial charge is 0.457 e. The molecular weight excluding hydrogens is 234 g/mol. The Morgan fingerprint density at radius 3 is 1.74 bits per heavy atom. The van der Waals surface area contributed by atoms with Crippen LogP contribution in [-0.2, 0) is 12.0 Å². The highest BCUT2D eigenvalue weighted by atomic mass is 16.5. The molecule has 0 bridgehead atoms. The molecule has 0 amide bonds. The first-order chi connectivity index (χ1) is 8.99. The van der Waals surface area contributed by atoms with Crippen LogP contribution in [0.15, 0.2) is 48.5 Å². The van der Waals surface area contributed by atoms with Crippen molar-refractivity contribution in [3.8, 4) is 11.5 Å². The van der Waals surface area contributed by atoms with Gasteiger partial charge in [0.2, 0.25) is 0 Å². The summed E-state index contributed by atoms with van der Waals surface area (Å²) in [4.78, 5) is 0. The van der Waals surface area contributed by atoms with Crippen molar-refractivity contribution >= 4 is 0 Å². The lowest BCUT2D eigenvalue weighted by Gasteiger charge is -2.19. The highest BCUT2D eigenvalue weighted by Gasteiger charge is 2.12. The number of benzene rings is 2. The standard InChI is InChI=1S/C17H21NO/c1-17(2,3)14-6-10-16(11-7-14)19-15-8-4-13(12-18)5-9-15/h4-11H,12,18H2,1-3H3. The molecule has 0 saturated carbocycles. The normalized spacial score (nSPS) is 11.4. The molecule has 2 N–H and O–H groups in total. The van der Waals surface area contributed by atoms with Gasteiger partial charge in [-0.05, 0) is 40.8 Å². The van der Waals surface area contributed by atoms with Crippen LogP contribution in [-0.4, -0.2) is 0 Å². The van der Waals surface area contributed by atoms with E-state index in [1.807, 2.05) is 36.4 Å². The maximum atomic E-state index is 5.80. The van der Waals surface area contributed by atoms with E-state index in [1.165, 1.54) is 5.56 Å². The summed E-state index contributed by atoms with van der Waals surface area (Å²) in [5.41, 5.74) is 8.15. The molecule has 0 fully saturated rings. The highest BCUT2D eigenvalue weighted by Crippen LogP contribution is 2.26. The SMILES string of the molecule is CC(C)(C)c1ccc(Oc2ccc(CN)cc2)cc1. The van der Waals surface area contributed by atoms with Crippen LogP contribution in [0.25, 0.3) is 0 Å². The first-order valence-electron chi connectivity index (χ1n) is 6.56. The van der Waals surface area contributed by atoms with Crippen LogP contribution >= 0.6 is 0 Å². The molecule has 0 spiro atoms.